The van der Waals surface area contributed by atoms with Gasteiger partial charge in [-0.1, -0.05) is 45.4 Å². The van der Waals surface area contributed by atoms with Gasteiger partial charge in [-0.2, -0.15) is 0 Å². The van der Waals surface area contributed by atoms with Gasteiger partial charge in [-0.05, 0) is 32.2 Å². The summed E-state index contributed by atoms with van der Waals surface area (Å²) in [6.45, 7) is 2.29. The van der Waals surface area contributed by atoms with E-state index >= 15 is 0 Å². The second-order valence-corrected chi connectivity index (χ2v) is 4.79. The molecule has 1 rings (SSSR count). The molecule has 1 atom stereocenters. The van der Waals surface area contributed by atoms with Crippen LogP contribution in [0.1, 0.15) is 64.7 Å². The number of nitrogens with one attached hydrogen (secondary N) is 1. The molecule has 1 aliphatic rings. The maximum Gasteiger partial charge on any atom is 0.00923 e. The highest BCUT2D eigenvalue weighted by Crippen LogP contribution is 2.27. The van der Waals surface area contributed by atoms with Crippen molar-refractivity contribution in [1.82, 2.24) is 5.32 Å². The fourth-order valence-electron chi connectivity index (χ4n) is 2.75. The monoisotopic (exact) mass is 197 g/mol. The van der Waals surface area contributed by atoms with E-state index in [0.717, 1.165) is 12.0 Å². The molecule has 0 heterocycles. The van der Waals surface area contributed by atoms with Crippen molar-refractivity contribution in [2.24, 2.45) is 5.92 Å². The van der Waals surface area contributed by atoms with E-state index in [4.69, 9.17) is 0 Å². The van der Waals surface area contributed by atoms with Gasteiger partial charge < -0.3 is 5.32 Å². The molecule has 1 nitrogen and oxygen atoms in total. The quantitative estimate of drug-likeness (QED) is 0.662. The Bertz CT molecular complexity index is 125. The molecule has 14 heavy (non-hydrogen) atoms. The zero-order valence-corrected chi connectivity index (χ0v) is 10.0. The van der Waals surface area contributed by atoms with Crippen LogP contribution < -0.4 is 5.32 Å². The zero-order chi connectivity index (χ0) is 10.2. The van der Waals surface area contributed by atoms with Gasteiger partial charge in [-0.15, -0.1) is 0 Å². The highest BCUT2D eigenvalue weighted by molar-refractivity contribution is 4.77. The molecule has 0 amide bonds. The molecule has 1 fully saturated rings. The summed E-state index contributed by atoms with van der Waals surface area (Å²) >= 11 is 0. The van der Waals surface area contributed by atoms with E-state index in [2.05, 4.69) is 19.3 Å². The van der Waals surface area contributed by atoms with Gasteiger partial charge >= 0.3 is 0 Å². The second kappa shape index (κ2) is 7.28. The maximum absolute atomic E-state index is 3.53. The van der Waals surface area contributed by atoms with Gasteiger partial charge in [0, 0.05) is 6.04 Å². The largest absolute Gasteiger partial charge is 0.317 e. The summed E-state index contributed by atoms with van der Waals surface area (Å²) < 4.78 is 0. The summed E-state index contributed by atoms with van der Waals surface area (Å²) in [5, 5.41) is 3.53. The van der Waals surface area contributed by atoms with Gasteiger partial charge in [-0.25, -0.2) is 0 Å². The Labute approximate surface area is 89.7 Å². The topological polar surface area (TPSA) is 12.0 Å². The first-order chi connectivity index (χ1) is 6.88. The molecule has 1 aliphatic carbocycles. The van der Waals surface area contributed by atoms with E-state index in [1.165, 1.54) is 57.8 Å². The van der Waals surface area contributed by atoms with Crippen LogP contribution in [0.5, 0.6) is 0 Å². The second-order valence-electron chi connectivity index (χ2n) is 4.79. The Morgan fingerprint density at radius 2 is 1.79 bits per heavy atom. The first-order valence-corrected chi connectivity index (χ1v) is 6.55. The van der Waals surface area contributed by atoms with Gasteiger partial charge in [0.25, 0.3) is 0 Å². The molecular formula is C13H27N. The Balaban J connectivity index is 2.32. The molecule has 0 aromatic rings. The number of rotatable bonds is 5. The maximum atomic E-state index is 3.53. The van der Waals surface area contributed by atoms with E-state index in [0.29, 0.717) is 0 Å². The molecule has 0 aliphatic heterocycles. The normalized spacial score (nSPS) is 21.9. The fraction of sp³-hybridized carbons (Fsp3) is 1.00. The molecule has 84 valence electrons. The Morgan fingerprint density at radius 1 is 1.14 bits per heavy atom. The lowest BCUT2D eigenvalue weighted by atomic mass is 9.89. The zero-order valence-electron chi connectivity index (χ0n) is 10.0. The number of hydrogen-bond acceptors (Lipinski definition) is 1. The number of unbranched alkanes of at least 4 members (excludes halogenated alkanes) is 1. The SMILES string of the molecule is CCCCC(NC)C1CCCCCC1. The average Bonchev–Trinajstić information content (AvgIpc) is 2.48. The van der Waals surface area contributed by atoms with Crippen LogP contribution in [0, 0.1) is 5.92 Å². The van der Waals surface area contributed by atoms with Crippen LogP contribution in [0.4, 0.5) is 0 Å². The van der Waals surface area contributed by atoms with Crippen LogP contribution in [-0.2, 0) is 0 Å². The van der Waals surface area contributed by atoms with Gasteiger partial charge in [0.05, 0.1) is 0 Å². The first kappa shape index (κ1) is 12.0. The van der Waals surface area contributed by atoms with Crippen molar-refractivity contribution in [3.8, 4) is 0 Å². The summed E-state index contributed by atoms with van der Waals surface area (Å²) in [6.07, 6.45) is 12.9. The molecule has 0 saturated heterocycles. The van der Waals surface area contributed by atoms with Crippen LogP contribution in [0.15, 0.2) is 0 Å². The molecule has 1 saturated carbocycles. The van der Waals surface area contributed by atoms with Crippen molar-refractivity contribution < 1.29 is 0 Å². The predicted octanol–water partition coefficient (Wildman–Crippen LogP) is 3.74. The van der Waals surface area contributed by atoms with Crippen LogP contribution in [0.25, 0.3) is 0 Å². The Kier molecular flexibility index (Phi) is 6.25. The summed E-state index contributed by atoms with van der Waals surface area (Å²) in [6, 6.07) is 0.799. The smallest absolute Gasteiger partial charge is 0.00923 e. The van der Waals surface area contributed by atoms with Crippen LogP contribution in [0.3, 0.4) is 0 Å². The lowest BCUT2D eigenvalue weighted by molar-refractivity contribution is 0.313. The standard InChI is InChI=1S/C13H27N/c1-3-4-11-13(14-2)12-9-7-5-6-8-10-12/h12-14H,3-11H2,1-2H3. The molecule has 1 unspecified atom stereocenters. The third kappa shape index (κ3) is 4.00. The minimum Gasteiger partial charge on any atom is -0.317 e. The van der Waals surface area contributed by atoms with Crippen molar-refractivity contribution in [1.29, 1.82) is 0 Å². The van der Waals surface area contributed by atoms with Crippen molar-refractivity contribution >= 4 is 0 Å². The van der Waals surface area contributed by atoms with Crippen molar-refractivity contribution in [2.75, 3.05) is 7.05 Å². The van der Waals surface area contributed by atoms with E-state index < -0.39 is 0 Å². The van der Waals surface area contributed by atoms with Crippen molar-refractivity contribution in [2.45, 2.75) is 70.8 Å². The molecule has 0 radical (unpaired) electrons. The van der Waals surface area contributed by atoms with Gasteiger partial charge in [0.15, 0.2) is 0 Å². The highest BCUT2D eigenvalue weighted by atomic mass is 14.9. The van der Waals surface area contributed by atoms with Crippen molar-refractivity contribution in [3.63, 3.8) is 0 Å². The molecule has 0 bridgehead atoms. The van der Waals surface area contributed by atoms with Crippen LogP contribution in [-0.4, -0.2) is 13.1 Å². The Hall–Kier alpha value is -0.0400. The molecule has 1 N–H and O–H groups in total. The summed E-state index contributed by atoms with van der Waals surface area (Å²) in [4.78, 5) is 0. The van der Waals surface area contributed by atoms with E-state index in [1.54, 1.807) is 0 Å². The lowest BCUT2D eigenvalue weighted by Crippen LogP contribution is -2.33. The lowest BCUT2D eigenvalue weighted by Gasteiger charge is -2.25. The minimum atomic E-state index is 0.799. The highest BCUT2D eigenvalue weighted by Gasteiger charge is 2.20. The molecule has 0 aromatic carbocycles. The average molecular weight is 197 g/mol. The summed E-state index contributed by atoms with van der Waals surface area (Å²) in [7, 11) is 2.14. The van der Waals surface area contributed by atoms with Crippen LogP contribution in [0.2, 0.25) is 0 Å². The molecular weight excluding hydrogens is 170 g/mol. The summed E-state index contributed by atoms with van der Waals surface area (Å²) in [5.74, 6) is 0.967. The first-order valence-electron chi connectivity index (χ1n) is 6.55. The van der Waals surface area contributed by atoms with Crippen molar-refractivity contribution in [3.05, 3.63) is 0 Å². The van der Waals surface area contributed by atoms with Gasteiger partial charge in [0.2, 0.25) is 0 Å². The minimum absolute atomic E-state index is 0.799. The number of hydrogen-bond donors (Lipinski definition) is 1. The Morgan fingerprint density at radius 3 is 2.29 bits per heavy atom. The van der Waals surface area contributed by atoms with E-state index in [-0.39, 0.29) is 0 Å². The van der Waals surface area contributed by atoms with Gasteiger partial charge in [-0.3, -0.25) is 0 Å². The fourth-order valence-corrected chi connectivity index (χ4v) is 2.75. The third-order valence-corrected chi connectivity index (χ3v) is 3.71. The molecule has 0 spiro atoms. The predicted molar refractivity (Wildman–Crippen MR) is 63.6 cm³/mol. The van der Waals surface area contributed by atoms with Crippen LogP contribution >= 0.6 is 0 Å². The van der Waals surface area contributed by atoms with E-state index in [9.17, 15) is 0 Å². The van der Waals surface area contributed by atoms with E-state index in [1.807, 2.05) is 0 Å². The molecule has 0 aromatic heterocycles. The van der Waals surface area contributed by atoms with Gasteiger partial charge in [0.1, 0.15) is 0 Å². The molecule has 1 heteroatoms. The third-order valence-electron chi connectivity index (χ3n) is 3.71. The summed E-state index contributed by atoms with van der Waals surface area (Å²) in [5.41, 5.74) is 0.